The van der Waals surface area contributed by atoms with Gasteiger partial charge in [-0.2, -0.15) is 5.10 Å². The fourth-order valence-corrected chi connectivity index (χ4v) is 2.06. The van der Waals surface area contributed by atoms with Crippen molar-refractivity contribution in [3.63, 3.8) is 0 Å². The normalized spacial score (nSPS) is 10.5. The monoisotopic (exact) mass is 280 g/mol. The number of benzene rings is 2. The van der Waals surface area contributed by atoms with E-state index in [4.69, 9.17) is 0 Å². The van der Waals surface area contributed by atoms with Crippen LogP contribution in [0.3, 0.4) is 0 Å². The van der Waals surface area contributed by atoms with Crippen molar-refractivity contribution in [1.29, 1.82) is 0 Å². The van der Waals surface area contributed by atoms with Gasteiger partial charge in [-0.1, -0.05) is 24.3 Å². The predicted octanol–water partition coefficient (Wildman–Crippen LogP) is 3.10. The number of aromatic amines is 1. The quantitative estimate of drug-likeness (QED) is 0.686. The van der Waals surface area contributed by atoms with Crippen molar-refractivity contribution in [3.05, 3.63) is 59.9 Å². The van der Waals surface area contributed by atoms with Crippen molar-refractivity contribution in [2.24, 2.45) is 0 Å². The smallest absolute Gasteiger partial charge is 0.181 e. The van der Waals surface area contributed by atoms with E-state index < -0.39 is 0 Å². The number of hydrogen-bond acceptors (Lipinski definition) is 4. The number of aromatic hydroxyl groups is 1. The van der Waals surface area contributed by atoms with Crippen LogP contribution in [0.5, 0.6) is 5.75 Å². The molecule has 0 radical (unpaired) electrons. The van der Waals surface area contributed by atoms with E-state index >= 15 is 0 Å². The first-order valence-electron chi connectivity index (χ1n) is 6.72. The molecule has 0 aliphatic carbocycles. The average molecular weight is 280 g/mol. The molecule has 1 aromatic heterocycles. The Morgan fingerprint density at radius 2 is 1.95 bits per heavy atom. The Labute approximate surface area is 122 Å². The van der Waals surface area contributed by atoms with E-state index in [0.29, 0.717) is 12.4 Å². The molecule has 5 nitrogen and oxygen atoms in total. The zero-order valence-electron chi connectivity index (χ0n) is 11.7. The first-order valence-corrected chi connectivity index (χ1v) is 6.72. The maximum atomic E-state index is 9.27. The second-order valence-corrected chi connectivity index (χ2v) is 4.85. The van der Waals surface area contributed by atoms with Crippen molar-refractivity contribution in [1.82, 2.24) is 15.2 Å². The molecule has 3 aromatic rings. The molecule has 2 aromatic carbocycles. The van der Waals surface area contributed by atoms with E-state index in [1.54, 1.807) is 12.1 Å². The second-order valence-electron chi connectivity index (χ2n) is 4.85. The number of phenolic OH excluding ortho intramolecular Hbond substituents is 1. The summed E-state index contributed by atoms with van der Waals surface area (Å²) in [6, 6.07) is 15.1. The zero-order valence-corrected chi connectivity index (χ0v) is 11.7. The Hall–Kier alpha value is -2.82. The second kappa shape index (κ2) is 5.66. The standard InChI is InChI=1S/C16H16N4O/c1-11-18-16(20-19-11)13-3-2-4-14(9-13)17-10-12-5-7-15(21)8-6-12/h2-9,17,21H,10H2,1H3,(H,18,19,20). The Kier molecular flexibility index (Phi) is 3.55. The summed E-state index contributed by atoms with van der Waals surface area (Å²) in [6.07, 6.45) is 0. The lowest BCUT2D eigenvalue weighted by Gasteiger charge is -2.07. The molecule has 0 fully saturated rings. The van der Waals surface area contributed by atoms with Gasteiger partial charge < -0.3 is 10.4 Å². The van der Waals surface area contributed by atoms with Crippen molar-refractivity contribution in [2.45, 2.75) is 13.5 Å². The Morgan fingerprint density at radius 3 is 2.67 bits per heavy atom. The molecule has 0 aliphatic rings. The van der Waals surface area contributed by atoms with Gasteiger partial charge in [0.15, 0.2) is 5.82 Å². The Bertz CT molecular complexity index is 734. The van der Waals surface area contributed by atoms with Crippen LogP contribution < -0.4 is 5.32 Å². The van der Waals surface area contributed by atoms with Gasteiger partial charge in [0.05, 0.1) is 0 Å². The van der Waals surface area contributed by atoms with E-state index in [-0.39, 0.29) is 5.75 Å². The SMILES string of the molecule is Cc1nc(-c2cccc(NCc3ccc(O)cc3)c2)n[nH]1. The van der Waals surface area contributed by atoms with E-state index in [1.807, 2.05) is 43.3 Å². The van der Waals surface area contributed by atoms with Gasteiger partial charge in [0.2, 0.25) is 0 Å². The third-order valence-electron chi connectivity index (χ3n) is 3.15. The topological polar surface area (TPSA) is 73.8 Å². The third kappa shape index (κ3) is 3.20. The molecule has 0 unspecified atom stereocenters. The van der Waals surface area contributed by atoms with Crippen LogP contribution in [0.25, 0.3) is 11.4 Å². The van der Waals surface area contributed by atoms with Crippen LogP contribution in [0.4, 0.5) is 5.69 Å². The van der Waals surface area contributed by atoms with Crippen LogP contribution in [0.15, 0.2) is 48.5 Å². The number of nitrogens with zero attached hydrogens (tertiary/aromatic N) is 2. The number of rotatable bonds is 4. The van der Waals surface area contributed by atoms with Gasteiger partial charge in [-0.25, -0.2) is 4.98 Å². The maximum Gasteiger partial charge on any atom is 0.181 e. The van der Waals surface area contributed by atoms with Crippen molar-refractivity contribution in [3.8, 4) is 17.1 Å². The largest absolute Gasteiger partial charge is 0.508 e. The molecule has 21 heavy (non-hydrogen) atoms. The number of phenols is 1. The highest BCUT2D eigenvalue weighted by Crippen LogP contribution is 2.20. The van der Waals surface area contributed by atoms with Gasteiger partial charge in [-0.3, -0.25) is 5.10 Å². The van der Waals surface area contributed by atoms with E-state index in [2.05, 4.69) is 20.5 Å². The van der Waals surface area contributed by atoms with Crippen LogP contribution in [-0.4, -0.2) is 20.3 Å². The summed E-state index contributed by atoms with van der Waals surface area (Å²) in [5, 5.41) is 19.6. The lowest BCUT2D eigenvalue weighted by Crippen LogP contribution is -1.99. The van der Waals surface area contributed by atoms with Crippen LogP contribution in [-0.2, 0) is 6.54 Å². The number of hydrogen-bond donors (Lipinski definition) is 3. The minimum atomic E-state index is 0.278. The average Bonchev–Trinajstić information content (AvgIpc) is 2.94. The lowest BCUT2D eigenvalue weighted by molar-refractivity contribution is 0.475. The number of aryl methyl sites for hydroxylation is 1. The number of H-pyrrole nitrogens is 1. The number of anilines is 1. The molecule has 0 atom stereocenters. The van der Waals surface area contributed by atoms with Gasteiger partial charge in [0.1, 0.15) is 11.6 Å². The van der Waals surface area contributed by atoms with Crippen LogP contribution in [0.2, 0.25) is 0 Å². The highest BCUT2D eigenvalue weighted by Gasteiger charge is 2.04. The number of aromatic nitrogens is 3. The molecule has 0 bridgehead atoms. The summed E-state index contributed by atoms with van der Waals surface area (Å²) >= 11 is 0. The minimum Gasteiger partial charge on any atom is -0.508 e. The van der Waals surface area contributed by atoms with Crippen molar-refractivity contribution in [2.75, 3.05) is 5.32 Å². The highest BCUT2D eigenvalue weighted by molar-refractivity contribution is 5.62. The molecule has 0 amide bonds. The van der Waals surface area contributed by atoms with Crippen molar-refractivity contribution >= 4 is 5.69 Å². The van der Waals surface area contributed by atoms with E-state index in [1.165, 1.54) is 0 Å². The molecule has 0 spiro atoms. The van der Waals surface area contributed by atoms with Gasteiger partial charge in [-0.15, -0.1) is 0 Å². The predicted molar refractivity (Wildman–Crippen MR) is 82.0 cm³/mol. The van der Waals surface area contributed by atoms with Crippen LogP contribution in [0.1, 0.15) is 11.4 Å². The minimum absolute atomic E-state index is 0.278. The molecule has 0 saturated carbocycles. The molecular formula is C16H16N4O. The lowest BCUT2D eigenvalue weighted by atomic mass is 10.1. The molecule has 3 N–H and O–H groups in total. The van der Waals surface area contributed by atoms with Gasteiger partial charge in [0, 0.05) is 17.8 Å². The van der Waals surface area contributed by atoms with E-state index in [0.717, 1.165) is 22.6 Å². The van der Waals surface area contributed by atoms with Crippen LogP contribution >= 0.6 is 0 Å². The Morgan fingerprint density at radius 1 is 1.14 bits per heavy atom. The summed E-state index contributed by atoms with van der Waals surface area (Å²) in [6.45, 7) is 2.57. The fraction of sp³-hybridized carbons (Fsp3) is 0.125. The van der Waals surface area contributed by atoms with Gasteiger partial charge in [-0.05, 0) is 36.8 Å². The first-order chi connectivity index (χ1) is 10.2. The first kappa shape index (κ1) is 13.2. The maximum absolute atomic E-state index is 9.27. The molecular weight excluding hydrogens is 264 g/mol. The van der Waals surface area contributed by atoms with Crippen molar-refractivity contribution < 1.29 is 5.11 Å². The summed E-state index contributed by atoms with van der Waals surface area (Å²) in [7, 11) is 0. The molecule has 5 heteroatoms. The zero-order chi connectivity index (χ0) is 14.7. The highest BCUT2D eigenvalue weighted by atomic mass is 16.3. The van der Waals surface area contributed by atoms with Gasteiger partial charge in [0.25, 0.3) is 0 Å². The molecule has 106 valence electrons. The summed E-state index contributed by atoms with van der Waals surface area (Å²) < 4.78 is 0. The molecule has 0 saturated heterocycles. The van der Waals surface area contributed by atoms with Crippen LogP contribution in [0, 0.1) is 6.92 Å². The molecule has 0 aliphatic heterocycles. The fourth-order valence-electron chi connectivity index (χ4n) is 2.06. The number of nitrogens with one attached hydrogen (secondary N) is 2. The Balaban J connectivity index is 1.73. The summed E-state index contributed by atoms with van der Waals surface area (Å²) in [5.74, 6) is 1.77. The molecule has 3 rings (SSSR count). The summed E-state index contributed by atoms with van der Waals surface area (Å²) in [5.41, 5.74) is 3.07. The third-order valence-corrected chi connectivity index (χ3v) is 3.15. The van der Waals surface area contributed by atoms with E-state index in [9.17, 15) is 5.11 Å². The molecule has 1 heterocycles. The summed E-state index contributed by atoms with van der Waals surface area (Å²) in [4.78, 5) is 4.33. The van der Waals surface area contributed by atoms with Gasteiger partial charge >= 0.3 is 0 Å².